The number of fused-ring (bicyclic) bond motifs is 1. The van der Waals surface area contributed by atoms with Crippen molar-refractivity contribution in [2.75, 3.05) is 13.2 Å². The Morgan fingerprint density at radius 3 is 2.53 bits per heavy atom. The number of carbonyl (C=O) groups is 1. The summed E-state index contributed by atoms with van der Waals surface area (Å²) in [7, 11) is 0. The number of ether oxygens (including phenoxy) is 2. The van der Waals surface area contributed by atoms with E-state index >= 15 is 0 Å². The van der Waals surface area contributed by atoms with E-state index in [-0.39, 0.29) is 11.3 Å². The molecule has 1 saturated carbocycles. The Morgan fingerprint density at radius 2 is 1.95 bits per heavy atom. The standard InChI is InChI=1S/C15H17ClO3/c1-10(2-5-17)11-6-13-14(7-12(11)16)19-9-15(3-4-15)8-18-13/h5-7,10H,2-4,8-9H2,1H3. The number of hydrogen-bond acceptors (Lipinski definition) is 3. The van der Waals surface area contributed by atoms with Crippen LogP contribution in [0.25, 0.3) is 0 Å². The lowest BCUT2D eigenvalue weighted by molar-refractivity contribution is -0.108. The SMILES string of the molecule is CC(CC=O)c1cc2c(cc1Cl)OCC1(CC1)CO2. The van der Waals surface area contributed by atoms with E-state index in [1.54, 1.807) is 0 Å². The van der Waals surface area contributed by atoms with Crippen molar-refractivity contribution in [1.82, 2.24) is 0 Å². The minimum atomic E-state index is 0.0945. The van der Waals surface area contributed by atoms with Crippen molar-refractivity contribution in [3.63, 3.8) is 0 Å². The molecule has 1 heterocycles. The summed E-state index contributed by atoms with van der Waals surface area (Å²) >= 11 is 6.28. The predicted molar refractivity (Wildman–Crippen MR) is 73.2 cm³/mol. The summed E-state index contributed by atoms with van der Waals surface area (Å²) in [6, 6.07) is 3.74. The molecule has 2 aliphatic rings. The fourth-order valence-electron chi connectivity index (χ4n) is 2.39. The smallest absolute Gasteiger partial charge is 0.162 e. The second-order valence-electron chi connectivity index (χ2n) is 5.70. The van der Waals surface area contributed by atoms with Crippen molar-refractivity contribution < 1.29 is 14.3 Å². The molecular formula is C15H17ClO3. The highest BCUT2D eigenvalue weighted by Gasteiger charge is 2.46. The van der Waals surface area contributed by atoms with E-state index in [1.165, 1.54) is 12.8 Å². The third-order valence-electron chi connectivity index (χ3n) is 4.07. The Balaban J connectivity index is 1.90. The minimum Gasteiger partial charge on any atom is -0.489 e. The van der Waals surface area contributed by atoms with Gasteiger partial charge in [-0.1, -0.05) is 18.5 Å². The predicted octanol–water partition coefficient (Wildman–Crippen LogP) is 3.58. The highest BCUT2D eigenvalue weighted by molar-refractivity contribution is 6.31. The van der Waals surface area contributed by atoms with Crippen molar-refractivity contribution in [2.45, 2.75) is 32.1 Å². The van der Waals surface area contributed by atoms with Gasteiger partial charge in [0.15, 0.2) is 11.5 Å². The van der Waals surface area contributed by atoms with Gasteiger partial charge in [0.1, 0.15) is 6.29 Å². The molecule has 3 rings (SSSR count). The van der Waals surface area contributed by atoms with Gasteiger partial charge in [0, 0.05) is 22.9 Å². The van der Waals surface area contributed by atoms with Crippen LogP contribution in [-0.2, 0) is 4.79 Å². The molecule has 1 aromatic carbocycles. The molecule has 1 unspecified atom stereocenters. The van der Waals surface area contributed by atoms with Crippen LogP contribution in [0.4, 0.5) is 0 Å². The molecule has 4 heteroatoms. The van der Waals surface area contributed by atoms with Crippen LogP contribution >= 0.6 is 11.6 Å². The van der Waals surface area contributed by atoms with Gasteiger partial charge < -0.3 is 14.3 Å². The molecule has 0 amide bonds. The fourth-order valence-corrected chi connectivity index (χ4v) is 2.73. The second kappa shape index (κ2) is 4.71. The summed E-state index contributed by atoms with van der Waals surface area (Å²) in [6.07, 6.45) is 3.72. The lowest BCUT2D eigenvalue weighted by atomic mass is 9.98. The Hall–Kier alpha value is -1.22. The van der Waals surface area contributed by atoms with Crippen molar-refractivity contribution in [2.24, 2.45) is 5.41 Å². The van der Waals surface area contributed by atoms with Crippen LogP contribution < -0.4 is 9.47 Å². The van der Waals surface area contributed by atoms with Crippen molar-refractivity contribution in [3.05, 3.63) is 22.7 Å². The molecule has 0 aromatic heterocycles. The van der Waals surface area contributed by atoms with Gasteiger partial charge in [-0.2, -0.15) is 0 Å². The number of aldehydes is 1. The largest absolute Gasteiger partial charge is 0.489 e. The number of carbonyl (C=O) groups excluding carboxylic acids is 1. The average Bonchev–Trinajstić information content (AvgIpc) is 3.18. The van der Waals surface area contributed by atoms with Gasteiger partial charge in [-0.25, -0.2) is 0 Å². The molecule has 0 radical (unpaired) electrons. The lowest BCUT2D eigenvalue weighted by Gasteiger charge is -2.14. The van der Waals surface area contributed by atoms with Crippen molar-refractivity contribution in [3.8, 4) is 11.5 Å². The average molecular weight is 281 g/mol. The van der Waals surface area contributed by atoms with Crippen LogP contribution in [0.15, 0.2) is 12.1 Å². The molecule has 1 spiro atoms. The van der Waals surface area contributed by atoms with Crippen LogP contribution in [0.2, 0.25) is 5.02 Å². The molecule has 3 nitrogen and oxygen atoms in total. The summed E-state index contributed by atoms with van der Waals surface area (Å²) in [5.41, 5.74) is 1.17. The molecule has 0 N–H and O–H groups in total. The van der Waals surface area contributed by atoms with E-state index in [0.717, 1.165) is 23.3 Å². The molecule has 19 heavy (non-hydrogen) atoms. The molecule has 1 atom stereocenters. The lowest BCUT2D eigenvalue weighted by Crippen LogP contribution is -2.17. The number of hydrogen-bond donors (Lipinski definition) is 0. The van der Waals surface area contributed by atoms with Gasteiger partial charge in [-0.05, 0) is 30.4 Å². The summed E-state index contributed by atoms with van der Waals surface area (Å²) < 4.78 is 11.7. The summed E-state index contributed by atoms with van der Waals surface area (Å²) in [6.45, 7) is 3.41. The topological polar surface area (TPSA) is 35.5 Å². The van der Waals surface area contributed by atoms with E-state index in [9.17, 15) is 4.79 Å². The zero-order valence-corrected chi connectivity index (χ0v) is 11.7. The van der Waals surface area contributed by atoms with Crippen LogP contribution in [0.1, 0.15) is 37.7 Å². The first-order chi connectivity index (χ1) is 9.13. The van der Waals surface area contributed by atoms with Crippen LogP contribution in [0.5, 0.6) is 11.5 Å². The van der Waals surface area contributed by atoms with E-state index in [0.29, 0.717) is 24.7 Å². The Kier molecular flexibility index (Phi) is 3.17. The first-order valence-electron chi connectivity index (χ1n) is 6.66. The minimum absolute atomic E-state index is 0.0945. The molecule has 1 fully saturated rings. The third kappa shape index (κ3) is 2.44. The first-order valence-corrected chi connectivity index (χ1v) is 7.04. The van der Waals surface area contributed by atoms with Gasteiger partial charge in [-0.3, -0.25) is 0 Å². The molecule has 102 valence electrons. The molecule has 1 aliphatic heterocycles. The van der Waals surface area contributed by atoms with E-state index in [1.807, 2.05) is 19.1 Å². The van der Waals surface area contributed by atoms with Crippen LogP contribution in [-0.4, -0.2) is 19.5 Å². The molecule has 1 aromatic rings. The number of halogens is 1. The van der Waals surface area contributed by atoms with Gasteiger partial charge in [0.25, 0.3) is 0 Å². The summed E-state index contributed by atoms with van der Waals surface area (Å²) in [5.74, 6) is 1.56. The second-order valence-corrected chi connectivity index (χ2v) is 6.11. The van der Waals surface area contributed by atoms with Crippen LogP contribution in [0, 0.1) is 5.41 Å². The Bertz CT molecular complexity index is 508. The maximum Gasteiger partial charge on any atom is 0.162 e. The number of rotatable bonds is 3. The quantitative estimate of drug-likeness (QED) is 0.794. The van der Waals surface area contributed by atoms with Crippen molar-refractivity contribution in [1.29, 1.82) is 0 Å². The van der Waals surface area contributed by atoms with E-state index in [2.05, 4.69) is 0 Å². The van der Waals surface area contributed by atoms with E-state index in [4.69, 9.17) is 21.1 Å². The zero-order valence-electron chi connectivity index (χ0n) is 10.9. The monoisotopic (exact) mass is 280 g/mol. The molecule has 0 saturated heterocycles. The van der Waals surface area contributed by atoms with Crippen LogP contribution in [0.3, 0.4) is 0 Å². The third-order valence-corrected chi connectivity index (χ3v) is 4.40. The van der Waals surface area contributed by atoms with Gasteiger partial charge in [-0.15, -0.1) is 0 Å². The summed E-state index contributed by atoms with van der Waals surface area (Å²) in [4.78, 5) is 10.6. The molecular weight excluding hydrogens is 264 g/mol. The Morgan fingerprint density at radius 1 is 1.32 bits per heavy atom. The number of benzene rings is 1. The molecule has 0 bridgehead atoms. The molecule has 1 aliphatic carbocycles. The highest BCUT2D eigenvalue weighted by Crippen LogP contribution is 2.50. The first kappa shape index (κ1) is 12.8. The normalized spacial score (nSPS) is 20.7. The van der Waals surface area contributed by atoms with Gasteiger partial charge >= 0.3 is 0 Å². The maximum atomic E-state index is 10.6. The fraction of sp³-hybridized carbons (Fsp3) is 0.533. The Labute approximate surface area is 117 Å². The summed E-state index contributed by atoms with van der Waals surface area (Å²) in [5, 5.41) is 0.642. The van der Waals surface area contributed by atoms with Gasteiger partial charge in [0.05, 0.1) is 13.2 Å². The van der Waals surface area contributed by atoms with Crippen molar-refractivity contribution >= 4 is 17.9 Å². The maximum absolute atomic E-state index is 10.6. The van der Waals surface area contributed by atoms with Gasteiger partial charge in [0.2, 0.25) is 0 Å². The zero-order chi connectivity index (χ0) is 13.5. The highest BCUT2D eigenvalue weighted by atomic mass is 35.5. The van der Waals surface area contributed by atoms with E-state index < -0.39 is 0 Å².